The number of hydrogen-bond donors (Lipinski definition) is 8. The van der Waals surface area contributed by atoms with Gasteiger partial charge in [-0.15, -0.1) is 0 Å². The van der Waals surface area contributed by atoms with Crippen LogP contribution >= 0.6 is 30.4 Å². The van der Waals surface area contributed by atoms with Gasteiger partial charge in [-0.2, -0.15) is 0 Å². The van der Waals surface area contributed by atoms with Crippen LogP contribution in [0.15, 0.2) is 97.1 Å². The molecule has 4 aromatic rings. The minimum Gasteiger partial charge on any atom is -0.321 e. The molecular formula is C26H24O12P4. The van der Waals surface area contributed by atoms with Crippen LogP contribution in [0.5, 0.6) is 0 Å². The predicted octanol–water partition coefficient (Wildman–Crippen LogP) is 1.91. The van der Waals surface area contributed by atoms with Gasteiger partial charge < -0.3 is 39.1 Å². The van der Waals surface area contributed by atoms with Crippen molar-refractivity contribution in [1.29, 1.82) is 0 Å². The first-order valence-corrected chi connectivity index (χ1v) is 18.2. The fourth-order valence-corrected chi connectivity index (χ4v) is 6.35. The molecule has 0 spiro atoms. The van der Waals surface area contributed by atoms with Crippen molar-refractivity contribution >= 4 is 62.7 Å². The van der Waals surface area contributed by atoms with E-state index in [-0.39, 0.29) is 21.2 Å². The van der Waals surface area contributed by atoms with E-state index in [9.17, 15) is 57.4 Å². The molecule has 42 heavy (non-hydrogen) atoms. The molecule has 0 amide bonds. The van der Waals surface area contributed by atoms with Crippen molar-refractivity contribution in [2.45, 2.75) is 0 Å². The average Bonchev–Trinajstić information content (AvgIpc) is 2.90. The van der Waals surface area contributed by atoms with Crippen LogP contribution in [-0.2, 0) is 18.3 Å². The third-order valence-corrected chi connectivity index (χ3v) is 10.1. The van der Waals surface area contributed by atoms with Gasteiger partial charge in [-0.05, 0) is 81.9 Å². The van der Waals surface area contributed by atoms with Crippen molar-refractivity contribution in [1.82, 2.24) is 0 Å². The van der Waals surface area contributed by atoms with Crippen molar-refractivity contribution in [2.75, 3.05) is 0 Å². The highest BCUT2D eigenvalue weighted by molar-refractivity contribution is 7.61. The van der Waals surface area contributed by atoms with Crippen molar-refractivity contribution in [2.24, 2.45) is 0 Å². The van der Waals surface area contributed by atoms with E-state index in [2.05, 4.69) is 0 Å². The first kappa shape index (κ1) is 32.1. The van der Waals surface area contributed by atoms with E-state index < -0.39 is 30.4 Å². The maximum Gasteiger partial charge on any atom is 0.356 e. The van der Waals surface area contributed by atoms with Gasteiger partial charge in [0.1, 0.15) is 0 Å². The molecule has 0 radical (unpaired) electrons. The van der Waals surface area contributed by atoms with Crippen molar-refractivity contribution < 1.29 is 57.4 Å². The van der Waals surface area contributed by atoms with Crippen molar-refractivity contribution in [3.05, 3.63) is 119 Å². The average molecular weight is 652 g/mol. The van der Waals surface area contributed by atoms with E-state index >= 15 is 0 Å². The van der Waals surface area contributed by atoms with Gasteiger partial charge in [-0.1, -0.05) is 48.5 Å². The lowest BCUT2D eigenvalue weighted by atomic mass is 9.86. The highest BCUT2D eigenvalue weighted by Gasteiger charge is 2.24. The summed E-state index contributed by atoms with van der Waals surface area (Å²) >= 11 is 0. The number of benzene rings is 4. The van der Waals surface area contributed by atoms with E-state index in [0.29, 0.717) is 33.4 Å². The van der Waals surface area contributed by atoms with Crippen LogP contribution in [0.25, 0.3) is 11.1 Å². The standard InChI is InChI=1S/C26H24O12P4/c27-39(28,29)21-9-1-17(2-10-21)25(18-3-11-22(12-4-18)40(30,31)32)26(19-5-13-23(14-6-19)41(33,34)35)20-7-15-24(16-8-20)42(36,37)38/h1-16H,(H2,27,28,29)(H2,30,31,32)(H2,33,34,35)(H2,36,37,38). The smallest absolute Gasteiger partial charge is 0.321 e. The van der Waals surface area contributed by atoms with Gasteiger partial charge >= 0.3 is 30.4 Å². The zero-order chi connectivity index (χ0) is 31.1. The molecule has 0 saturated carbocycles. The molecular weight excluding hydrogens is 628 g/mol. The number of rotatable bonds is 8. The Kier molecular flexibility index (Phi) is 8.97. The molecule has 0 unspecified atom stereocenters. The molecule has 0 bridgehead atoms. The second kappa shape index (κ2) is 11.7. The summed E-state index contributed by atoms with van der Waals surface area (Å²) in [5.74, 6) is 0. The second-order valence-corrected chi connectivity index (χ2v) is 15.5. The summed E-state index contributed by atoms with van der Waals surface area (Å²) in [5, 5.41) is -1.05. The van der Waals surface area contributed by atoms with Gasteiger partial charge in [0.05, 0.1) is 21.2 Å². The molecule has 0 aliphatic heterocycles. The largest absolute Gasteiger partial charge is 0.356 e. The van der Waals surface area contributed by atoms with Crippen LogP contribution in [0, 0.1) is 0 Å². The molecule has 0 aromatic heterocycles. The lowest BCUT2D eigenvalue weighted by Gasteiger charge is -2.19. The summed E-state index contributed by atoms with van der Waals surface area (Å²) in [6.45, 7) is 0. The summed E-state index contributed by atoms with van der Waals surface area (Å²) in [4.78, 5) is 76.7. The Balaban J connectivity index is 2.09. The van der Waals surface area contributed by atoms with Crippen molar-refractivity contribution in [3.8, 4) is 0 Å². The molecule has 8 N–H and O–H groups in total. The van der Waals surface area contributed by atoms with Gasteiger partial charge in [0.2, 0.25) is 0 Å². The summed E-state index contributed by atoms with van der Waals surface area (Å²) < 4.78 is 47.2. The number of hydrogen-bond acceptors (Lipinski definition) is 4. The Morgan fingerprint density at radius 1 is 0.310 bits per heavy atom. The molecule has 0 fully saturated rings. The summed E-state index contributed by atoms with van der Waals surface area (Å²) in [6.07, 6.45) is 0. The molecule has 0 heterocycles. The third-order valence-electron chi connectivity index (χ3n) is 6.22. The second-order valence-electron chi connectivity index (χ2n) is 9.11. The minimum absolute atomic E-state index is 0.263. The van der Waals surface area contributed by atoms with E-state index in [1.807, 2.05) is 0 Å². The Labute approximate surface area is 239 Å². The van der Waals surface area contributed by atoms with E-state index in [1.54, 1.807) is 0 Å². The Morgan fingerprint density at radius 2 is 0.452 bits per heavy atom. The SMILES string of the molecule is O=P(O)(O)c1ccc(C(=C(c2ccc(P(=O)(O)O)cc2)c2ccc(P(=O)(O)O)cc2)c2ccc(P(=O)(O)O)cc2)cc1. The Morgan fingerprint density at radius 3 is 0.571 bits per heavy atom. The van der Waals surface area contributed by atoms with Gasteiger partial charge in [0.25, 0.3) is 0 Å². The Bertz CT molecular complexity index is 1550. The highest BCUT2D eigenvalue weighted by atomic mass is 31.2. The van der Waals surface area contributed by atoms with Crippen LogP contribution in [0.2, 0.25) is 0 Å². The Hall–Kier alpha value is -2.78. The van der Waals surface area contributed by atoms with E-state index in [1.165, 1.54) is 97.1 Å². The maximum atomic E-state index is 11.8. The molecule has 12 nitrogen and oxygen atoms in total. The van der Waals surface area contributed by atoms with Gasteiger partial charge in [-0.3, -0.25) is 18.3 Å². The van der Waals surface area contributed by atoms with Crippen molar-refractivity contribution in [3.63, 3.8) is 0 Å². The molecule has 0 saturated heterocycles. The topological polar surface area (TPSA) is 230 Å². The molecule has 4 rings (SSSR count). The normalized spacial score (nSPS) is 12.7. The summed E-state index contributed by atoms with van der Waals surface area (Å²) in [6, 6.07) is 21.1. The first-order valence-electron chi connectivity index (χ1n) is 11.8. The van der Waals surface area contributed by atoms with Crippen LogP contribution in [-0.4, -0.2) is 39.1 Å². The zero-order valence-electron chi connectivity index (χ0n) is 21.2. The summed E-state index contributed by atoms with van der Waals surface area (Å²) in [7, 11) is -18.4. The zero-order valence-corrected chi connectivity index (χ0v) is 24.8. The van der Waals surface area contributed by atoms with Crippen LogP contribution in [0.3, 0.4) is 0 Å². The quantitative estimate of drug-likeness (QED) is 0.101. The monoisotopic (exact) mass is 652 g/mol. The van der Waals surface area contributed by atoms with E-state index in [4.69, 9.17) is 0 Å². The molecule has 0 atom stereocenters. The first-order chi connectivity index (χ1) is 19.4. The molecule has 220 valence electrons. The van der Waals surface area contributed by atoms with E-state index in [0.717, 1.165) is 0 Å². The molecule has 0 aliphatic rings. The fraction of sp³-hybridized carbons (Fsp3) is 0. The maximum absolute atomic E-state index is 11.8. The van der Waals surface area contributed by atoms with Crippen LogP contribution < -0.4 is 21.2 Å². The van der Waals surface area contributed by atoms with Crippen LogP contribution in [0.4, 0.5) is 0 Å². The highest BCUT2D eigenvalue weighted by Crippen LogP contribution is 2.41. The van der Waals surface area contributed by atoms with Gasteiger partial charge in [0.15, 0.2) is 0 Å². The third kappa shape index (κ3) is 7.40. The molecule has 4 aromatic carbocycles. The minimum atomic E-state index is -4.60. The summed E-state index contributed by atoms with van der Waals surface area (Å²) in [5.41, 5.74) is 2.32. The fourth-order valence-electron chi connectivity index (χ4n) is 4.20. The molecule has 16 heteroatoms. The van der Waals surface area contributed by atoms with Gasteiger partial charge in [-0.25, -0.2) is 0 Å². The predicted molar refractivity (Wildman–Crippen MR) is 157 cm³/mol. The lowest BCUT2D eigenvalue weighted by molar-refractivity contribution is 0.385. The lowest BCUT2D eigenvalue weighted by Crippen LogP contribution is -2.08. The van der Waals surface area contributed by atoms with Crippen LogP contribution in [0.1, 0.15) is 22.3 Å². The molecule has 0 aliphatic carbocycles. The van der Waals surface area contributed by atoms with Gasteiger partial charge in [0, 0.05) is 0 Å².